The number of nitrogens with one attached hydrogen (secondary N) is 1. The normalized spacial score (nSPS) is 13.7. The summed E-state index contributed by atoms with van der Waals surface area (Å²) in [5.41, 5.74) is 2.70. The summed E-state index contributed by atoms with van der Waals surface area (Å²) >= 11 is 2.61. The maximum atomic E-state index is 11.7. The third kappa shape index (κ3) is 4.06. The molecule has 1 aromatic heterocycles. The highest BCUT2D eigenvalue weighted by Gasteiger charge is 2.25. The van der Waals surface area contributed by atoms with E-state index < -0.39 is 10.0 Å². The van der Waals surface area contributed by atoms with E-state index in [1.165, 1.54) is 11.9 Å². The number of fused-ring (bicyclic) bond motifs is 1. The van der Waals surface area contributed by atoms with Crippen molar-refractivity contribution in [2.24, 2.45) is 5.14 Å². The zero-order valence-corrected chi connectivity index (χ0v) is 16.4. The molecule has 0 fully saturated rings. The van der Waals surface area contributed by atoms with Gasteiger partial charge in [0, 0.05) is 35.8 Å². The number of nitrogens with two attached hydrogens (primary N) is 1. The lowest BCUT2D eigenvalue weighted by atomic mass is 10.2. The van der Waals surface area contributed by atoms with Gasteiger partial charge in [-0.3, -0.25) is 4.31 Å². The Kier molecular flexibility index (Phi) is 5.60. The lowest BCUT2D eigenvalue weighted by molar-refractivity contribution is 0.415. The molecule has 2 aromatic rings. The Morgan fingerprint density at radius 1 is 1.38 bits per heavy atom. The largest absolute Gasteiger partial charge is 0.497 e. The van der Waals surface area contributed by atoms with Crippen LogP contribution in [0.2, 0.25) is 0 Å². The van der Waals surface area contributed by atoms with E-state index in [9.17, 15) is 8.42 Å². The lowest BCUT2D eigenvalue weighted by Gasteiger charge is -2.29. The van der Waals surface area contributed by atoms with Gasteiger partial charge in [-0.1, -0.05) is 12.0 Å². The van der Waals surface area contributed by atoms with Crippen LogP contribution in [-0.4, -0.2) is 28.6 Å². The van der Waals surface area contributed by atoms with Gasteiger partial charge in [-0.05, 0) is 24.3 Å². The molecule has 0 spiro atoms. The van der Waals surface area contributed by atoms with Crippen LogP contribution >= 0.6 is 23.3 Å². The number of sulfonamides is 1. The highest BCUT2D eigenvalue weighted by molar-refractivity contribution is 8.03. The first-order chi connectivity index (χ1) is 12.4. The Hall–Kier alpha value is -1.96. The molecule has 9 heteroatoms. The molecule has 1 aliphatic heterocycles. The molecule has 0 atom stereocenters. The van der Waals surface area contributed by atoms with Crippen molar-refractivity contribution in [2.45, 2.75) is 8.42 Å². The third-order valence-corrected chi connectivity index (χ3v) is 7.43. The van der Waals surface area contributed by atoms with Crippen molar-refractivity contribution in [3.05, 3.63) is 41.6 Å². The molecule has 6 nitrogen and oxygen atoms in total. The van der Waals surface area contributed by atoms with Crippen molar-refractivity contribution in [1.82, 2.24) is 5.32 Å². The van der Waals surface area contributed by atoms with Gasteiger partial charge in [-0.25, -0.2) is 13.6 Å². The molecule has 0 unspecified atom stereocenters. The summed E-state index contributed by atoms with van der Waals surface area (Å²) in [6.07, 6.45) is 7.25. The number of anilines is 1. The van der Waals surface area contributed by atoms with Crippen molar-refractivity contribution in [1.29, 1.82) is 0 Å². The van der Waals surface area contributed by atoms with E-state index in [1.807, 2.05) is 34.6 Å². The second kappa shape index (κ2) is 7.73. The monoisotopic (exact) mass is 407 g/mol. The summed E-state index contributed by atoms with van der Waals surface area (Å²) in [6, 6.07) is 9.26. The number of ether oxygens (including phenoxy) is 1. The number of rotatable bonds is 6. The number of thiophene rings is 1. The van der Waals surface area contributed by atoms with Crippen molar-refractivity contribution in [3.63, 3.8) is 0 Å². The number of terminal acetylenes is 1. The van der Waals surface area contributed by atoms with E-state index in [0.717, 1.165) is 38.2 Å². The summed E-state index contributed by atoms with van der Waals surface area (Å²) in [5, 5.41) is 8.44. The van der Waals surface area contributed by atoms with Crippen LogP contribution < -0.4 is 19.5 Å². The fraction of sp³-hybridized carbons (Fsp3) is 0.176. The topological polar surface area (TPSA) is 84.7 Å². The van der Waals surface area contributed by atoms with Crippen molar-refractivity contribution >= 4 is 45.1 Å². The van der Waals surface area contributed by atoms with Crippen LogP contribution in [0.5, 0.6) is 5.75 Å². The maximum absolute atomic E-state index is 11.7. The van der Waals surface area contributed by atoms with Crippen molar-refractivity contribution < 1.29 is 13.2 Å². The van der Waals surface area contributed by atoms with Crippen LogP contribution in [0.25, 0.3) is 6.08 Å². The molecule has 1 aliphatic rings. The fourth-order valence-electron chi connectivity index (χ4n) is 2.40. The van der Waals surface area contributed by atoms with E-state index >= 15 is 0 Å². The Morgan fingerprint density at radius 2 is 2.19 bits per heavy atom. The summed E-state index contributed by atoms with van der Waals surface area (Å²) < 4.78 is 31.7. The minimum absolute atomic E-state index is 0.148. The average Bonchev–Trinajstić information content (AvgIpc) is 3.05. The Morgan fingerprint density at radius 3 is 2.88 bits per heavy atom. The van der Waals surface area contributed by atoms with Gasteiger partial charge >= 0.3 is 0 Å². The predicted octanol–water partition coefficient (Wildman–Crippen LogP) is 2.50. The van der Waals surface area contributed by atoms with Crippen LogP contribution in [0.1, 0.15) is 5.56 Å². The van der Waals surface area contributed by atoms with Gasteiger partial charge in [-0.15, -0.1) is 17.8 Å². The molecule has 0 bridgehead atoms. The SMILES string of the molecule is C#CCNCC1=Cc2cc(S(N)(=O)=O)sc2SN1c1cccc(OC)c1. The molecule has 2 heterocycles. The van der Waals surface area contributed by atoms with Gasteiger partial charge in [0.2, 0.25) is 10.0 Å². The number of hydrogen-bond acceptors (Lipinski definition) is 7. The van der Waals surface area contributed by atoms with Crippen LogP contribution in [-0.2, 0) is 10.0 Å². The zero-order valence-electron chi connectivity index (χ0n) is 13.9. The first kappa shape index (κ1) is 18.8. The molecular weight excluding hydrogens is 390 g/mol. The minimum atomic E-state index is -3.73. The first-order valence-electron chi connectivity index (χ1n) is 7.56. The lowest BCUT2D eigenvalue weighted by Crippen LogP contribution is -2.27. The maximum Gasteiger partial charge on any atom is 0.247 e. The first-order valence-corrected chi connectivity index (χ1v) is 10.7. The number of hydrogen-bond donors (Lipinski definition) is 2. The van der Waals surface area contributed by atoms with Crippen LogP contribution in [0.15, 0.2) is 44.4 Å². The fourth-order valence-corrected chi connectivity index (χ4v) is 5.65. The highest BCUT2D eigenvalue weighted by Crippen LogP contribution is 2.45. The smallest absolute Gasteiger partial charge is 0.247 e. The molecule has 0 saturated carbocycles. The molecule has 0 amide bonds. The van der Waals surface area contributed by atoms with Crippen LogP contribution in [0.3, 0.4) is 0 Å². The van der Waals surface area contributed by atoms with Gasteiger partial charge < -0.3 is 10.1 Å². The second-order valence-corrected chi connectivity index (χ2v) is 9.44. The molecule has 3 N–H and O–H groups in total. The number of benzene rings is 1. The summed E-state index contributed by atoms with van der Waals surface area (Å²) in [6.45, 7) is 0.973. The number of primary sulfonamides is 1. The van der Waals surface area contributed by atoms with Gasteiger partial charge in [0.25, 0.3) is 0 Å². The molecule has 136 valence electrons. The average molecular weight is 408 g/mol. The third-order valence-electron chi connectivity index (χ3n) is 3.56. The highest BCUT2D eigenvalue weighted by atomic mass is 32.3. The van der Waals surface area contributed by atoms with Gasteiger partial charge in [0.05, 0.1) is 23.6 Å². The van der Waals surface area contributed by atoms with E-state index in [-0.39, 0.29) is 4.21 Å². The molecule has 0 saturated heterocycles. The second-order valence-electron chi connectivity index (χ2n) is 5.38. The molecule has 3 rings (SSSR count). The van der Waals surface area contributed by atoms with E-state index in [2.05, 4.69) is 11.2 Å². The molecule has 1 aromatic carbocycles. The van der Waals surface area contributed by atoms with Gasteiger partial charge in [0.15, 0.2) is 0 Å². The number of nitrogens with zero attached hydrogens (tertiary/aromatic N) is 1. The van der Waals surface area contributed by atoms with Crippen molar-refractivity contribution in [2.75, 3.05) is 24.5 Å². The summed E-state index contributed by atoms with van der Waals surface area (Å²) in [5.74, 6) is 3.28. The summed E-state index contributed by atoms with van der Waals surface area (Å²) in [7, 11) is -2.12. The minimum Gasteiger partial charge on any atom is -0.497 e. The van der Waals surface area contributed by atoms with Gasteiger partial charge in [-0.2, -0.15) is 0 Å². The van der Waals surface area contributed by atoms with E-state index in [1.54, 1.807) is 13.2 Å². The van der Waals surface area contributed by atoms with E-state index in [0.29, 0.717) is 13.1 Å². The van der Waals surface area contributed by atoms with Crippen molar-refractivity contribution in [3.8, 4) is 18.1 Å². The molecular formula is C17H17N3O3S3. The Balaban J connectivity index is 2.00. The van der Waals surface area contributed by atoms with E-state index in [4.69, 9.17) is 16.3 Å². The Bertz CT molecular complexity index is 990. The molecule has 26 heavy (non-hydrogen) atoms. The molecule has 0 radical (unpaired) electrons. The quantitative estimate of drug-likeness (QED) is 0.435. The zero-order chi connectivity index (χ0) is 18.7. The standard InChI is InChI=1S/C17H17N3O3S3/c1-3-7-19-11-14-8-12-9-16(26(18,21)22)24-17(12)25-20(14)13-5-4-6-15(10-13)23-2/h1,4-6,8-10,19H,7,11H2,2H3,(H2,18,21,22). The number of methoxy groups -OCH3 is 1. The van der Waals surface area contributed by atoms with Gasteiger partial charge in [0.1, 0.15) is 9.96 Å². The summed E-state index contributed by atoms with van der Waals surface area (Å²) in [4.78, 5) is 0. The van der Waals surface area contributed by atoms with Crippen LogP contribution in [0, 0.1) is 12.3 Å². The predicted molar refractivity (Wildman–Crippen MR) is 107 cm³/mol. The molecule has 0 aliphatic carbocycles. The van der Waals surface area contributed by atoms with Crippen LogP contribution in [0.4, 0.5) is 5.69 Å². The Labute approximate surface area is 161 Å².